The summed E-state index contributed by atoms with van der Waals surface area (Å²) in [4.78, 5) is 16.0. The van der Waals surface area contributed by atoms with Crippen LogP contribution in [0.1, 0.15) is 5.56 Å². The Balaban J connectivity index is 1.45. The number of hydrogen-bond acceptors (Lipinski definition) is 4. The standard InChI is InChI=1S/C23H20N2O3S/c1-27-20-11-9-19(10-12-20)25-22(26)15-24(23(25)29)18-7-13-21(14-8-18)28-16-17-5-3-2-4-6-17/h2-14H,15-16H2,1H3. The Hall–Kier alpha value is -3.38. The second-order valence-corrected chi connectivity index (χ2v) is 6.93. The molecule has 3 aromatic carbocycles. The molecule has 0 radical (unpaired) electrons. The van der Waals surface area contributed by atoms with Crippen LogP contribution in [-0.2, 0) is 11.4 Å². The molecule has 1 aliphatic rings. The molecule has 5 nitrogen and oxygen atoms in total. The van der Waals surface area contributed by atoms with Gasteiger partial charge >= 0.3 is 0 Å². The number of methoxy groups -OCH3 is 1. The zero-order chi connectivity index (χ0) is 20.2. The molecule has 4 rings (SSSR count). The molecule has 29 heavy (non-hydrogen) atoms. The van der Waals surface area contributed by atoms with E-state index in [1.165, 1.54) is 0 Å². The Bertz CT molecular complexity index is 1000. The fourth-order valence-electron chi connectivity index (χ4n) is 3.15. The first kappa shape index (κ1) is 19.0. The first-order valence-corrected chi connectivity index (χ1v) is 9.62. The number of anilines is 2. The van der Waals surface area contributed by atoms with Gasteiger partial charge in [0.05, 0.1) is 12.8 Å². The van der Waals surface area contributed by atoms with Crippen LogP contribution in [0.5, 0.6) is 11.5 Å². The van der Waals surface area contributed by atoms with Crippen molar-refractivity contribution in [3.05, 3.63) is 84.4 Å². The van der Waals surface area contributed by atoms with Crippen LogP contribution in [0.25, 0.3) is 0 Å². The van der Waals surface area contributed by atoms with Crippen molar-refractivity contribution in [3.8, 4) is 11.5 Å². The highest BCUT2D eigenvalue weighted by Crippen LogP contribution is 2.28. The zero-order valence-corrected chi connectivity index (χ0v) is 16.8. The number of nitrogens with zero attached hydrogens (tertiary/aromatic N) is 2. The molecule has 0 unspecified atom stereocenters. The van der Waals surface area contributed by atoms with Gasteiger partial charge in [-0.15, -0.1) is 0 Å². The molecule has 146 valence electrons. The minimum atomic E-state index is -0.0652. The van der Waals surface area contributed by atoms with Gasteiger partial charge in [-0.25, -0.2) is 0 Å². The summed E-state index contributed by atoms with van der Waals surface area (Å²) in [7, 11) is 1.61. The van der Waals surface area contributed by atoms with E-state index in [4.69, 9.17) is 21.7 Å². The van der Waals surface area contributed by atoms with E-state index in [0.29, 0.717) is 11.7 Å². The van der Waals surface area contributed by atoms with Crippen LogP contribution in [0.4, 0.5) is 11.4 Å². The third-order valence-corrected chi connectivity index (χ3v) is 5.10. The summed E-state index contributed by atoms with van der Waals surface area (Å²) in [6.45, 7) is 0.709. The number of amides is 1. The van der Waals surface area contributed by atoms with Crippen molar-refractivity contribution in [3.63, 3.8) is 0 Å². The Labute approximate surface area is 175 Å². The predicted octanol–water partition coefficient (Wildman–Crippen LogP) is 4.41. The average molecular weight is 404 g/mol. The zero-order valence-electron chi connectivity index (χ0n) is 15.9. The Kier molecular flexibility index (Phi) is 5.44. The molecule has 1 heterocycles. The maximum Gasteiger partial charge on any atom is 0.253 e. The first-order valence-electron chi connectivity index (χ1n) is 9.21. The van der Waals surface area contributed by atoms with Gasteiger partial charge in [0, 0.05) is 5.69 Å². The molecule has 3 aromatic rings. The molecular formula is C23H20N2O3S. The van der Waals surface area contributed by atoms with E-state index >= 15 is 0 Å². The number of benzene rings is 3. The minimum Gasteiger partial charge on any atom is -0.497 e. The summed E-state index contributed by atoms with van der Waals surface area (Å²) in [5, 5.41) is 0.457. The monoisotopic (exact) mass is 404 g/mol. The average Bonchev–Trinajstić information content (AvgIpc) is 3.07. The summed E-state index contributed by atoms with van der Waals surface area (Å²) in [5.41, 5.74) is 2.69. The van der Waals surface area contributed by atoms with Crippen LogP contribution in [0.15, 0.2) is 78.9 Å². The van der Waals surface area contributed by atoms with Gasteiger partial charge in [0.1, 0.15) is 24.7 Å². The molecule has 0 spiro atoms. The molecule has 0 aliphatic carbocycles. The van der Waals surface area contributed by atoms with Gasteiger partial charge < -0.3 is 14.4 Å². The highest BCUT2D eigenvalue weighted by atomic mass is 32.1. The molecule has 1 fully saturated rings. The number of carbonyl (C=O) groups is 1. The van der Waals surface area contributed by atoms with Crippen LogP contribution >= 0.6 is 12.2 Å². The van der Waals surface area contributed by atoms with Crippen molar-refractivity contribution >= 4 is 34.6 Å². The maximum absolute atomic E-state index is 12.6. The van der Waals surface area contributed by atoms with E-state index in [9.17, 15) is 4.79 Å². The third kappa shape index (κ3) is 4.07. The molecule has 0 atom stereocenters. The van der Waals surface area contributed by atoms with E-state index in [2.05, 4.69) is 0 Å². The number of ether oxygens (including phenoxy) is 2. The first-order chi connectivity index (χ1) is 14.2. The van der Waals surface area contributed by atoms with Gasteiger partial charge in [-0.3, -0.25) is 9.69 Å². The van der Waals surface area contributed by atoms with Gasteiger partial charge in [-0.1, -0.05) is 30.3 Å². The lowest BCUT2D eigenvalue weighted by molar-refractivity contribution is -0.115. The van der Waals surface area contributed by atoms with Gasteiger partial charge in [0.25, 0.3) is 5.91 Å². The van der Waals surface area contributed by atoms with Crippen LogP contribution < -0.4 is 19.3 Å². The predicted molar refractivity (Wildman–Crippen MR) is 118 cm³/mol. The van der Waals surface area contributed by atoms with Crippen molar-refractivity contribution < 1.29 is 14.3 Å². The van der Waals surface area contributed by atoms with Gasteiger partial charge in [-0.2, -0.15) is 0 Å². The quantitative estimate of drug-likeness (QED) is 0.569. The Morgan fingerprint density at radius 3 is 2.14 bits per heavy atom. The summed E-state index contributed by atoms with van der Waals surface area (Å²) in [5.74, 6) is 1.43. The topological polar surface area (TPSA) is 42.0 Å². The number of carbonyl (C=O) groups excluding carboxylic acids is 1. The largest absolute Gasteiger partial charge is 0.497 e. The lowest BCUT2D eigenvalue weighted by atomic mass is 10.2. The van der Waals surface area contributed by atoms with Gasteiger partial charge in [-0.05, 0) is 66.3 Å². The normalized spacial score (nSPS) is 13.7. The van der Waals surface area contributed by atoms with Crippen molar-refractivity contribution in [2.45, 2.75) is 6.61 Å². The molecule has 0 aromatic heterocycles. The van der Waals surface area contributed by atoms with Gasteiger partial charge in [0.15, 0.2) is 5.11 Å². The lowest BCUT2D eigenvalue weighted by Gasteiger charge is -2.20. The Morgan fingerprint density at radius 1 is 0.862 bits per heavy atom. The fraction of sp³-hybridized carbons (Fsp3) is 0.130. The van der Waals surface area contributed by atoms with E-state index in [-0.39, 0.29) is 12.5 Å². The van der Waals surface area contributed by atoms with Crippen molar-refractivity contribution in [1.29, 1.82) is 0 Å². The number of thiocarbonyl (C=S) groups is 1. The van der Waals surface area contributed by atoms with E-state index < -0.39 is 0 Å². The highest BCUT2D eigenvalue weighted by Gasteiger charge is 2.34. The molecule has 0 N–H and O–H groups in total. The second-order valence-electron chi connectivity index (χ2n) is 6.56. The molecule has 1 saturated heterocycles. The van der Waals surface area contributed by atoms with E-state index in [1.54, 1.807) is 12.0 Å². The van der Waals surface area contributed by atoms with E-state index in [1.807, 2.05) is 83.8 Å². The van der Waals surface area contributed by atoms with Crippen LogP contribution in [0, 0.1) is 0 Å². The Morgan fingerprint density at radius 2 is 1.48 bits per heavy atom. The lowest BCUT2D eigenvalue weighted by Crippen LogP contribution is -2.32. The molecule has 1 amide bonds. The maximum atomic E-state index is 12.6. The van der Waals surface area contributed by atoms with Crippen LogP contribution in [-0.4, -0.2) is 24.7 Å². The number of rotatable bonds is 6. The third-order valence-electron chi connectivity index (χ3n) is 4.69. The summed E-state index contributed by atoms with van der Waals surface area (Å²) >= 11 is 5.58. The van der Waals surface area contributed by atoms with Crippen LogP contribution in [0.2, 0.25) is 0 Å². The van der Waals surface area contributed by atoms with Crippen LogP contribution in [0.3, 0.4) is 0 Å². The molecule has 1 aliphatic heterocycles. The summed E-state index contributed by atoms with van der Waals surface area (Å²) in [6.07, 6.45) is 0. The molecule has 6 heteroatoms. The summed E-state index contributed by atoms with van der Waals surface area (Å²) < 4.78 is 11.0. The SMILES string of the molecule is COc1ccc(N2C(=O)CN(c3ccc(OCc4ccccc4)cc3)C2=S)cc1. The van der Waals surface area contributed by atoms with Gasteiger partial charge in [0.2, 0.25) is 0 Å². The van der Waals surface area contributed by atoms with Crippen molar-refractivity contribution in [2.24, 2.45) is 0 Å². The second kappa shape index (κ2) is 8.32. The summed E-state index contributed by atoms with van der Waals surface area (Å²) in [6, 6.07) is 24.9. The van der Waals surface area contributed by atoms with Crippen molar-refractivity contribution in [2.75, 3.05) is 23.5 Å². The number of hydrogen-bond donors (Lipinski definition) is 0. The van der Waals surface area contributed by atoms with Crippen molar-refractivity contribution in [1.82, 2.24) is 0 Å². The fourth-order valence-corrected chi connectivity index (χ4v) is 3.53. The molecule has 0 saturated carbocycles. The molecular weight excluding hydrogens is 384 g/mol. The van der Waals surface area contributed by atoms with E-state index in [0.717, 1.165) is 28.4 Å². The minimum absolute atomic E-state index is 0.0652. The highest BCUT2D eigenvalue weighted by molar-refractivity contribution is 7.81. The molecule has 0 bridgehead atoms. The smallest absolute Gasteiger partial charge is 0.253 e.